The highest BCUT2D eigenvalue weighted by Gasteiger charge is 2.21. The molecule has 0 aliphatic carbocycles. The van der Waals surface area contributed by atoms with Crippen LogP contribution in [0.4, 0.5) is 0 Å². The fraction of sp³-hybridized carbons (Fsp3) is 0.0625. The molecule has 6 heteroatoms. The minimum absolute atomic E-state index is 0.392. The summed E-state index contributed by atoms with van der Waals surface area (Å²) in [4.78, 5) is 4.08. The van der Waals surface area contributed by atoms with Crippen LogP contribution in [0.25, 0.3) is 11.1 Å². The molecule has 0 fully saturated rings. The van der Waals surface area contributed by atoms with Crippen LogP contribution >= 0.6 is 0 Å². The lowest BCUT2D eigenvalue weighted by molar-refractivity contribution is 0.208. The molecule has 1 atom stereocenters. The van der Waals surface area contributed by atoms with Crippen molar-refractivity contribution in [3.63, 3.8) is 0 Å². The monoisotopic (exact) mass is 293 g/mol. The maximum absolute atomic E-state index is 6.04. The average molecular weight is 293 g/mol. The molecule has 0 saturated carbocycles. The lowest BCUT2D eigenvalue weighted by atomic mass is 10.1. The van der Waals surface area contributed by atoms with E-state index < -0.39 is 6.10 Å². The van der Waals surface area contributed by atoms with Gasteiger partial charge >= 0.3 is 0 Å². The molecule has 2 aromatic carbocycles. The fourth-order valence-corrected chi connectivity index (χ4v) is 2.23. The van der Waals surface area contributed by atoms with E-state index in [1.165, 1.54) is 12.8 Å². The normalized spacial score (nSPS) is 12.4. The molecular formula is C16H11N3O3. The molecule has 0 spiro atoms. The molecule has 0 saturated heterocycles. The Hall–Kier alpha value is -3.15. The van der Waals surface area contributed by atoms with Crippen LogP contribution in [-0.4, -0.2) is 15.2 Å². The third-order valence-electron chi connectivity index (χ3n) is 3.26. The van der Waals surface area contributed by atoms with Gasteiger partial charge in [-0.1, -0.05) is 30.3 Å². The predicted octanol–water partition coefficient (Wildman–Crippen LogP) is 3.38. The third kappa shape index (κ3) is 2.31. The molecule has 2 heterocycles. The summed E-state index contributed by atoms with van der Waals surface area (Å²) < 4.78 is 16.6. The van der Waals surface area contributed by atoms with E-state index >= 15 is 0 Å². The second-order valence-corrected chi connectivity index (χ2v) is 4.67. The zero-order valence-electron chi connectivity index (χ0n) is 11.4. The number of oxazole rings is 1. The van der Waals surface area contributed by atoms with Crippen molar-refractivity contribution < 1.29 is 13.6 Å². The second kappa shape index (κ2) is 5.33. The molecule has 0 radical (unpaired) electrons. The van der Waals surface area contributed by atoms with E-state index in [4.69, 9.17) is 13.6 Å². The lowest BCUT2D eigenvalue weighted by Gasteiger charge is -2.16. The topological polar surface area (TPSA) is 74.2 Å². The Labute approximate surface area is 125 Å². The van der Waals surface area contributed by atoms with Crippen LogP contribution in [0.3, 0.4) is 0 Å². The number of benzene rings is 2. The summed E-state index contributed by atoms with van der Waals surface area (Å²) >= 11 is 0. The van der Waals surface area contributed by atoms with Gasteiger partial charge in [-0.05, 0) is 12.1 Å². The van der Waals surface area contributed by atoms with Gasteiger partial charge in [-0.2, -0.15) is 0 Å². The van der Waals surface area contributed by atoms with Crippen molar-refractivity contribution >= 4 is 11.1 Å². The molecule has 4 rings (SSSR count). The molecule has 0 aliphatic heterocycles. The number of hydrogen-bond acceptors (Lipinski definition) is 6. The molecule has 6 nitrogen and oxygen atoms in total. The standard InChI is InChI=1S/C16H11N3O3/c1-2-4-11(5-3-1)15(16-19-18-10-21-16)22-12-6-7-13-14(8-12)20-9-17-13/h1-10,15H. The number of hydrogen-bond donors (Lipinski definition) is 0. The molecule has 4 aromatic rings. The van der Waals surface area contributed by atoms with Crippen LogP contribution in [0.5, 0.6) is 5.75 Å². The highest BCUT2D eigenvalue weighted by Crippen LogP contribution is 2.29. The van der Waals surface area contributed by atoms with E-state index in [1.807, 2.05) is 42.5 Å². The Balaban J connectivity index is 1.72. The first-order valence-corrected chi connectivity index (χ1v) is 6.71. The van der Waals surface area contributed by atoms with Gasteiger partial charge in [-0.15, -0.1) is 10.2 Å². The average Bonchev–Trinajstić information content (AvgIpc) is 3.24. The molecule has 22 heavy (non-hydrogen) atoms. The van der Waals surface area contributed by atoms with Gasteiger partial charge < -0.3 is 13.6 Å². The minimum atomic E-state index is -0.482. The largest absolute Gasteiger partial charge is 0.476 e. The Bertz CT molecular complexity index is 872. The zero-order chi connectivity index (χ0) is 14.8. The van der Waals surface area contributed by atoms with Gasteiger partial charge in [0.15, 0.2) is 12.0 Å². The zero-order valence-corrected chi connectivity index (χ0v) is 11.4. The molecule has 0 bridgehead atoms. The summed E-state index contributed by atoms with van der Waals surface area (Å²) in [6.45, 7) is 0. The quantitative estimate of drug-likeness (QED) is 0.574. The first-order chi connectivity index (χ1) is 10.9. The summed E-state index contributed by atoms with van der Waals surface area (Å²) in [6, 6.07) is 15.2. The van der Waals surface area contributed by atoms with E-state index in [9.17, 15) is 0 Å². The number of fused-ring (bicyclic) bond motifs is 1. The maximum atomic E-state index is 6.04. The van der Waals surface area contributed by atoms with Crippen molar-refractivity contribution in [1.29, 1.82) is 0 Å². The van der Waals surface area contributed by atoms with Crippen molar-refractivity contribution in [1.82, 2.24) is 15.2 Å². The van der Waals surface area contributed by atoms with Crippen LogP contribution in [0.15, 0.2) is 70.2 Å². The van der Waals surface area contributed by atoms with Gasteiger partial charge in [0.05, 0.1) is 0 Å². The van der Waals surface area contributed by atoms with Gasteiger partial charge in [0.25, 0.3) is 5.89 Å². The molecule has 2 aromatic heterocycles. The Morgan fingerprint density at radius 2 is 1.86 bits per heavy atom. The molecule has 0 N–H and O–H groups in total. The molecule has 1 unspecified atom stereocenters. The van der Waals surface area contributed by atoms with Crippen molar-refractivity contribution in [2.24, 2.45) is 0 Å². The van der Waals surface area contributed by atoms with Crippen molar-refractivity contribution in [2.75, 3.05) is 0 Å². The van der Waals surface area contributed by atoms with Gasteiger partial charge in [-0.25, -0.2) is 4.98 Å². The summed E-state index contributed by atoms with van der Waals surface area (Å²) in [6.07, 6.45) is 2.21. The SMILES string of the molecule is c1ccc(C(Oc2ccc3ncoc3c2)c2nnco2)cc1. The Kier molecular flexibility index (Phi) is 3.05. The van der Waals surface area contributed by atoms with Crippen LogP contribution in [0.2, 0.25) is 0 Å². The smallest absolute Gasteiger partial charge is 0.261 e. The summed E-state index contributed by atoms with van der Waals surface area (Å²) in [7, 11) is 0. The number of nitrogens with zero attached hydrogens (tertiary/aromatic N) is 3. The summed E-state index contributed by atoms with van der Waals surface area (Å²) in [5.74, 6) is 1.03. The maximum Gasteiger partial charge on any atom is 0.261 e. The van der Waals surface area contributed by atoms with Gasteiger partial charge in [-0.3, -0.25) is 0 Å². The van der Waals surface area contributed by atoms with Crippen LogP contribution in [-0.2, 0) is 0 Å². The summed E-state index contributed by atoms with van der Waals surface area (Å²) in [5, 5.41) is 7.69. The highest BCUT2D eigenvalue weighted by atomic mass is 16.5. The van der Waals surface area contributed by atoms with Crippen molar-refractivity contribution in [3.05, 3.63) is 72.8 Å². The third-order valence-corrected chi connectivity index (χ3v) is 3.26. The van der Waals surface area contributed by atoms with E-state index in [0.717, 1.165) is 11.1 Å². The number of aromatic nitrogens is 3. The van der Waals surface area contributed by atoms with E-state index in [2.05, 4.69) is 15.2 Å². The van der Waals surface area contributed by atoms with E-state index in [1.54, 1.807) is 6.07 Å². The Morgan fingerprint density at radius 1 is 0.955 bits per heavy atom. The number of rotatable bonds is 4. The predicted molar refractivity (Wildman–Crippen MR) is 77.2 cm³/mol. The highest BCUT2D eigenvalue weighted by molar-refractivity contribution is 5.73. The molecule has 0 aliphatic rings. The molecular weight excluding hydrogens is 282 g/mol. The first kappa shape index (κ1) is 12.6. The van der Waals surface area contributed by atoms with E-state index in [0.29, 0.717) is 17.2 Å². The second-order valence-electron chi connectivity index (χ2n) is 4.67. The first-order valence-electron chi connectivity index (χ1n) is 6.71. The molecule has 108 valence electrons. The Morgan fingerprint density at radius 3 is 2.68 bits per heavy atom. The minimum Gasteiger partial charge on any atom is -0.476 e. The lowest BCUT2D eigenvalue weighted by Crippen LogP contribution is -2.10. The van der Waals surface area contributed by atoms with Crippen LogP contribution in [0.1, 0.15) is 17.6 Å². The van der Waals surface area contributed by atoms with E-state index in [-0.39, 0.29) is 0 Å². The van der Waals surface area contributed by atoms with Gasteiger partial charge in [0.2, 0.25) is 12.5 Å². The van der Waals surface area contributed by atoms with Gasteiger partial charge in [0, 0.05) is 11.6 Å². The van der Waals surface area contributed by atoms with Crippen LogP contribution < -0.4 is 4.74 Å². The van der Waals surface area contributed by atoms with Gasteiger partial charge in [0.1, 0.15) is 11.3 Å². The van der Waals surface area contributed by atoms with Crippen LogP contribution in [0, 0.1) is 0 Å². The van der Waals surface area contributed by atoms with Crippen molar-refractivity contribution in [3.8, 4) is 5.75 Å². The number of ether oxygens (including phenoxy) is 1. The summed E-state index contributed by atoms with van der Waals surface area (Å²) in [5.41, 5.74) is 2.36. The fourth-order valence-electron chi connectivity index (χ4n) is 2.23. The molecule has 0 amide bonds. The van der Waals surface area contributed by atoms with Crippen molar-refractivity contribution in [2.45, 2.75) is 6.10 Å².